The number of thiazole rings is 1. The van der Waals surface area contributed by atoms with Gasteiger partial charge in [-0.3, -0.25) is 4.79 Å². The molecule has 0 aliphatic rings. The van der Waals surface area contributed by atoms with Gasteiger partial charge in [-0.15, -0.1) is 0 Å². The molecule has 4 nitrogen and oxygen atoms in total. The number of hydrogen-bond acceptors (Lipinski definition) is 3. The lowest BCUT2D eigenvalue weighted by molar-refractivity contribution is -0.689. The molecule has 0 bridgehead atoms. The van der Waals surface area contributed by atoms with Crippen molar-refractivity contribution in [2.24, 2.45) is 0 Å². The Bertz CT molecular complexity index is 1070. The maximum absolute atomic E-state index is 12.6. The zero-order valence-corrected chi connectivity index (χ0v) is 26.3. The second-order valence-electron chi connectivity index (χ2n) is 10.4. The van der Waals surface area contributed by atoms with E-state index in [1.165, 1.54) is 81.9 Å². The van der Waals surface area contributed by atoms with E-state index in [1.54, 1.807) is 11.3 Å². The molecule has 0 fully saturated rings. The lowest BCUT2D eigenvalue weighted by Crippen LogP contribution is -3.00. The number of nitrogens with zero attached hydrogens (tertiary/aromatic N) is 1. The van der Waals surface area contributed by atoms with Gasteiger partial charge in [0.2, 0.25) is 11.4 Å². The third kappa shape index (κ3) is 13.6. The number of halogens is 1. The van der Waals surface area contributed by atoms with Gasteiger partial charge in [0.05, 0.1) is 18.4 Å². The van der Waals surface area contributed by atoms with E-state index >= 15 is 0 Å². The van der Waals surface area contributed by atoms with E-state index in [1.807, 2.05) is 36.4 Å². The third-order valence-electron chi connectivity index (χ3n) is 7.00. The summed E-state index contributed by atoms with van der Waals surface area (Å²) in [5.41, 5.74) is 6.35. The van der Waals surface area contributed by atoms with Crippen molar-refractivity contribution in [1.29, 1.82) is 0 Å². The van der Waals surface area contributed by atoms with E-state index < -0.39 is 0 Å². The number of ether oxygens (including phenoxy) is 1. The van der Waals surface area contributed by atoms with Crippen molar-refractivity contribution in [3.8, 4) is 5.75 Å². The highest BCUT2D eigenvalue weighted by atomic mass is 79.9. The van der Waals surface area contributed by atoms with Crippen molar-refractivity contribution in [2.45, 2.75) is 104 Å². The summed E-state index contributed by atoms with van der Waals surface area (Å²) in [5.74, 6) is 0.873. The SMILES string of the molecule is CCCCCCCCCCCCCCOc1ccc(CC(=O)Nc2cccc(C[n+]3cscc3C)c2)cc1.[Br-]. The van der Waals surface area contributed by atoms with Crippen LogP contribution in [0.4, 0.5) is 5.69 Å². The fourth-order valence-electron chi connectivity index (χ4n) is 4.69. The Morgan fingerprint density at radius 1 is 0.846 bits per heavy atom. The monoisotopic (exact) mass is 614 g/mol. The van der Waals surface area contributed by atoms with Crippen LogP contribution in [0.15, 0.2) is 59.4 Å². The van der Waals surface area contributed by atoms with Crippen LogP contribution >= 0.6 is 11.3 Å². The molecule has 0 radical (unpaired) electrons. The summed E-state index contributed by atoms with van der Waals surface area (Å²) in [5, 5.41) is 5.18. The molecule has 3 rings (SSSR count). The predicted octanol–water partition coefficient (Wildman–Crippen LogP) is 5.66. The quantitative estimate of drug-likeness (QED) is 0.140. The fraction of sp³-hybridized carbons (Fsp3) is 0.515. The minimum atomic E-state index is -0.00771. The Morgan fingerprint density at radius 2 is 1.49 bits per heavy atom. The first-order valence-electron chi connectivity index (χ1n) is 14.7. The molecule has 39 heavy (non-hydrogen) atoms. The molecular formula is C33H47BrN2O2S. The van der Waals surface area contributed by atoms with Crippen molar-refractivity contribution < 1.29 is 31.1 Å². The summed E-state index contributed by atoms with van der Waals surface area (Å²) in [4.78, 5) is 12.6. The van der Waals surface area contributed by atoms with Crippen LogP contribution in [0.5, 0.6) is 5.75 Å². The lowest BCUT2D eigenvalue weighted by atomic mass is 10.1. The van der Waals surface area contributed by atoms with Crippen molar-refractivity contribution in [1.82, 2.24) is 0 Å². The summed E-state index contributed by atoms with van der Waals surface area (Å²) >= 11 is 1.70. The molecule has 3 aromatic rings. The van der Waals surface area contributed by atoms with Gasteiger partial charge in [0.15, 0.2) is 12.2 Å². The standard InChI is InChI=1S/C33H46N2O2S.BrH/c1-3-4-5-6-7-8-9-10-11-12-13-14-22-37-32-20-18-29(19-21-32)24-33(36)34-31-17-15-16-30(23-31)25-35-27-38-26-28(35)2;/h15-21,23,26-27H,3-14,22,24-25H2,1-2H3;1H. The van der Waals surface area contributed by atoms with Crippen LogP contribution in [0.25, 0.3) is 0 Å². The van der Waals surface area contributed by atoms with Crippen molar-refractivity contribution in [3.05, 3.63) is 76.2 Å². The normalized spacial score (nSPS) is 10.7. The van der Waals surface area contributed by atoms with Crippen LogP contribution in [0.3, 0.4) is 0 Å². The molecular weight excluding hydrogens is 568 g/mol. The van der Waals surface area contributed by atoms with E-state index in [2.05, 4.69) is 46.8 Å². The Hall–Kier alpha value is -2.18. The maximum Gasteiger partial charge on any atom is 0.228 e. The summed E-state index contributed by atoms with van der Waals surface area (Å²) in [6.45, 7) is 5.95. The zero-order chi connectivity index (χ0) is 26.8. The Labute approximate surface area is 251 Å². The first-order valence-corrected chi connectivity index (χ1v) is 15.6. The second kappa shape index (κ2) is 19.8. The first kappa shape index (κ1) is 33.0. The number of aryl methyl sites for hydroxylation is 1. The van der Waals surface area contributed by atoms with Crippen molar-refractivity contribution >= 4 is 22.9 Å². The van der Waals surface area contributed by atoms with Crippen LogP contribution < -0.4 is 31.6 Å². The van der Waals surface area contributed by atoms with Crippen LogP contribution in [0.2, 0.25) is 0 Å². The van der Waals surface area contributed by atoms with Gasteiger partial charge in [0.25, 0.3) is 0 Å². The molecule has 0 aliphatic heterocycles. The zero-order valence-electron chi connectivity index (χ0n) is 23.9. The molecule has 0 saturated carbocycles. The Morgan fingerprint density at radius 3 is 2.10 bits per heavy atom. The van der Waals surface area contributed by atoms with Gasteiger partial charge in [0, 0.05) is 18.2 Å². The number of aromatic nitrogens is 1. The largest absolute Gasteiger partial charge is 1.00 e. The van der Waals surface area contributed by atoms with E-state index in [-0.39, 0.29) is 22.9 Å². The summed E-state index contributed by atoms with van der Waals surface area (Å²) in [6, 6.07) is 16.0. The topological polar surface area (TPSA) is 42.2 Å². The van der Waals surface area contributed by atoms with Gasteiger partial charge in [-0.05, 0) is 36.2 Å². The number of hydrogen-bond donors (Lipinski definition) is 1. The molecule has 0 unspecified atom stereocenters. The van der Waals surface area contributed by atoms with Gasteiger partial charge in [-0.25, -0.2) is 0 Å². The Kier molecular flexibility index (Phi) is 16.8. The molecule has 214 valence electrons. The number of rotatable bonds is 19. The molecule has 6 heteroatoms. The highest BCUT2D eigenvalue weighted by Crippen LogP contribution is 2.16. The predicted molar refractivity (Wildman–Crippen MR) is 160 cm³/mol. The molecule has 0 atom stereocenters. The van der Waals surface area contributed by atoms with Crippen molar-refractivity contribution in [2.75, 3.05) is 11.9 Å². The third-order valence-corrected chi connectivity index (χ3v) is 7.85. The van der Waals surface area contributed by atoms with Crippen LogP contribution in [0, 0.1) is 6.92 Å². The number of amides is 1. The van der Waals surface area contributed by atoms with Crippen LogP contribution in [-0.4, -0.2) is 12.5 Å². The second-order valence-corrected chi connectivity index (χ2v) is 11.2. The van der Waals surface area contributed by atoms with Gasteiger partial charge in [-0.2, -0.15) is 4.57 Å². The van der Waals surface area contributed by atoms with E-state index in [9.17, 15) is 4.79 Å². The number of unbranched alkanes of at least 4 members (excludes halogenated alkanes) is 11. The minimum Gasteiger partial charge on any atom is -1.00 e. The molecule has 2 aromatic carbocycles. The van der Waals surface area contributed by atoms with Gasteiger partial charge in [-0.1, -0.05) is 113 Å². The average Bonchev–Trinajstić information content (AvgIpc) is 3.32. The molecule has 1 aromatic heterocycles. The number of nitrogens with one attached hydrogen (secondary N) is 1. The highest BCUT2D eigenvalue weighted by molar-refractivity contribution is 7.07. The van der Waals surface area contributed by atoms with E-state index in [4.69, 9.17) is 4.74 Å². The molecule has 0 aliphatic carbocycles. The summed E-state index contributed by atoms with van der Waals surface area (Å²) in [6.07, 6.45) is 16.5. The molecule has 0 spiro atoms. The first-order chi connectivity index (χ1) is 18.6. The highest BCUT2D eigenvalue weighted by Gasteiger charge is 2.10. The molecule has 1 heterocycles. The van der Waals surface area contributed by atoms with Gasteiger partial charge in [0.1, 0.15) is 5.75 Å². The minimum absolute atomic E-state index is 0. The summed E-state index contributed by atoms with van der Waals surface area (Å²) < 4.78 is 8.13. The van der Waals surface area contributed by atoms with Gasteiger partial charge >= 0.3 is 0 Å². The summed E-state index contributed by atoms with van der Waals surface area (Å²) in [7, 11) is 0. The van der Waals surface area contributed by atoms with E-state index in [0.29, 0.717) is 6.42 Å². The average molecular weight is 616 g/mol. The molecule has 1 N–H and O–H groups in total. The van der Waals surface area contributed by atoms with E-state index in [0.717, 1.165) is 36.6 Å². The number of carbonyl (C=O) groups is 1. The van der Waals surface area contributed by atoms with Crippen molar-refractivity contribution in [3.63, 3.8) is 0 Å². The Balaban J connectivity index is 0.00000533. The van der Waals surface area contributed by atoms with Gasteiger partial charge < -0.3 is 27.0 Å². The maximum atomic E-state index is 12.6. The fourth-order valence-corrected chi connectivity index (χ4v) is 5.47. The molecule has 0 saturated heterocycles. The molecule has 1 amide bonds. The van der Waals surface area contributed by atoms with Crippen LogP contribution in [0.1, 0.15) is 101 Å². The van der Waals surface area contributed by atoms with Crippen LogP contribution in [-0.2, 0) is 17.8 Å². The smallest absolute Gasteiger partial charge is 0.228 e. The lowest BCUT2D eigenvalue weighted by Gasteiger charge is -2.09. The number of carbonyl (C=O) groups excluding carboxylic acids is 1. The number of benzene rings is 2. The number of anilines is 1.